The summed E-state index contributed by atoms with van der Waals surface area (Å²) in [6.07, 6.45) is 0. The van der Waals surface area contributed by atoms with Crippen LogP contribution < -0.4 is 0 Å². The van der Waals surface area contributed by atoms with Crippen molar-refractivity contribution in [3.63, 3.8) is 0 Å². The molecule has 0 saturated heterocycles. The van der Waals surface area contributed by atoms with Gasteiger partial charge < -0.3 is 4.42 Å². The lowest BCUT2D eigenvalue weighted by Gasteiger charge is -2.11. The molecule has 0 fully saturated rings. The molecule has 198 valence electrons. The fraction of sp³-hybridized carbons (Fsp3) is 0. The predicted octanol–water partition coefficient (Wildman–Crippen LogP) is 10.8. The second-order valence-electron chi connectivity index (χ2n) is 10.3. The number of para-hydroxylation sites is 3. The van der Waals surface area contributed by atoms with Crippen LogP contribution in [0.1, 0.15) is 0 Å². The van der Waals surface area contributed by atoms with Crippen LogP contribution in [0.15, 0.2) is 150 Å². The van der Waals surface area contributed by atoms with E-state index in [2.05, 4.69) is 114 Å². The van der Waals surface area contributed by atoms with Crippen molar-refractivity contribution in [1.29, 1.82) is 0 Å². The zero-order chi connectivity index (χ0) is 27.9. The molecule has 0 aliphatic rings. The average molecular weight is 557 g/mol. The van der Waals surface area contributed by atoms with E-state index in [1.54, 1.807) is 11.3 Å². The Labute approximate surface area is 247 Å². The predicted molar refractivity (Wildman–Crippen MR) is 174 cm³/mol. The maximum absolute atomic E-state index is 6.01. The maximum Gasteiger partial charge on any atom is 0.227 e. The highest BCUT2D eigenvalue weighted by Crippen LogP contribution is 2.37. The third-order valence-corrected chi connectivity index (χ3v) is 8.64. The summed E-state index contributed by atoms with van der Waals surface area (Å²) in [6, 6.07) is 50.7. The summed E-state index contributed by atoms with van der Waals surface area (Å²) in [7, 11) is 0. The minimum Gasteiger partial charge on any atom is -0.436 e. The minimum atomic E-state index is 0.630. The lowest BCUT2D eigenvalue weighted by atomic mass is 9.94. The number of hydrogen-bond acceptors (Lipinski definition) is 4. The highest BCUT2D eigenvalue weighted by atomic mass is 32.1. The van der Waals surface area contributed by atoms with Gasteiger partial charge >= 0.3 is 0 Å². The minimum absolute atomic E-state index is 0.630. The maximum atomic E-state index is 6.01. The molecule has 0 unspecified atom stereocenters. The fourth-order valence-corrected chi connectivity index (χ4v) is 6.32. The second-order valence-corrected chi connectivity index (χ2v) is 11.3. The van der Waals surface area contributed by atoms with Crippen molar-refractivity contribution in [3.05, 3.63) is 146 Å². The standard InChI is InChI=1S/C38H24N2OS/c1-2-8-25(9-3-1)26-14-16-27(17-15-26)30-22-31(24-32(23-30)38-40-34-11-5-7-13-36(34)42-38)28-18-20-29(21-19-28)37-39-33-10-4-6-12-35(33)41-37/h1-24H. The van der Waals surface area contributed by atoms with Crippen LogP contribution in [-0.4, -0.2) is 9.97 Å². The van der Waals surface area contributed by atoms with Gasteiger partial charge in [0.15, 0.2) is 5.58 Å². The number of hydrogen-bond donors (Lipinski definition) is 0. The molecule has 0 radical (unpaired) electrons. The molecular formula is C38H24N2OS. The van der Waals surface area contributed by atoms with Gasteiger partial charge in [-0.2, -0.15) is 0 Å². The van der Waals surface area contributed by atoms with Crippen LogP contribution >= 0.6 is 11.3 Å². The van der Waals surface area contributed by atoms with Crippen molar-refractivity contribution in [1.82, 2.24) is 9.97 Å². The molecule has 42 heavy (non-hydrogen) atoms. The second kappa shape index (κ2) is 10.3. The fourth-order valence-electron chi connectivity index (χ4n) is 5.37. The van der Waals surface area contributed by atoms with E-state index in [0.717, 1.165) is 49.4 Å². The lowest BCUT2D eigenvalue weighted by molar-refractivity contribution is 0.620. The van der Waals surface area contributed by atoms with Gasteiger partial charge in [-0.1, -0.05) is 91.0 Å². The van der Waals surface area contributed by atoms with Crippen molar-refractivity contribution >= 4 is 32.7 Å². The number of nitrogens with zero attached hydrogens (tertiary/aromatic N) is 2. The lowest BCUT2D eigenvalue weighted by Crippen LogP contribution is -1.87. The Kier molecular flexibility index (Phi) is 5.98. The number of oxazole rings is 1. The van der Waals surface area contributed by atoms with E-state index in [4.69, 9.17) is 9.40 Å². The van der Waals surface area contributed by atoms with Crippen molar-refractivity contribution in [2.45, 2.75) is 0 Å². The molecule has 6 aromatic carbocycles. The van der Waals surface area contributed by atoms with Crippen LogP contribution in [-0.2, 0) is 0 Å². The third-order valence-electron chi connectivity index (χ3n) is 7.56. The Bertz CT molecular complexity index is 2110. The highest BCUT2D eigenvalue weighted by Gasteiger charge is 2.13. The van der Waals surface area contributed by atoms with E-state index in [-0.39, 0.29) is 0 Å². The highest BCUT2D eigenvalue weighted by molar-refractivity contribution is 7.21. The van der Waals surface area contributed by atoms with Crippen molar-refractivity contribution < 1.29 is 4.42 Å². The van der Waals surface area contributed by atoms with Crippen LogP contribution in [0.5, 0.6) is 0 Å². The van der Waals surface area contributed by atoms with Gasteiger partial charge in [0, 0.05) is 11.1 Å². The first kappa shape index (κ1) is 24.5. The van der Waals surface area contributed by atoms with E-state index < -0.39 is 0 Å². The Hall–Kier alpha value is -5.32. The molecule has 8 rings (SSSR count). The van der Waals surface area contributed by atoms with Crippen LogP contribution in [0.2, 0.25) is 0 Å². The largest absolute Gasteiger partial charge is 0.436 e. The van der Waals surface area contributed by atoms with Crippen LogP contribution in [0.3, 0.4) is 0 Å². The summed E-state index contributed by atoms with van der Waals surface area (Å²) < 4.78 is 7.20. The molecule has 0 N–H and O–H groups in total. The van der Waals surface area contributed by atoms with Gasteiger partial charge in [0.25, 0.3) is 0 Å². The molecule has 2 aromatic heterocycles. The van der Waals surface area contributed by atoms with E-state index in [0.29, 0.717) is 5.89 Å². The van der Waals surface area contributed by atoms with E-state index in [9.17, 15) is 0 Å². The monoisotopic (exact) mass is 556 g/mol. The van der Waals surface area contributed by atoms with Gasteiger partial charge in [-0.05, 0) is 88.0 Å². The molecule has 0 saturated carbocycles. The average Bonchev–Trinajstić information content (AvgIpc) is 3.70. The summed E-state index contributed by atoms with van der Waals surface area (Å²) >= 11 is 1.73. The number of rotatable bonds is 5. The van der Waals surface area contributed by atoms with Crippen molar-refractivity contribution in [2.75, 3.05) is 0 Å². The summed E-state index contributed by atoms with van der Waals surface area (Å²) in [6.45, 7) is 0. The number of fused-ring (bicyclic) bond motifs is 2. The smallest absolute Gasteiger partial charge is 0.227 e. The summed E-state index contributed by atoms with van der Waals surface area (Å²) in [5.74, 6) is 0.630. The topological polar surface area (TPSA) is 38.9 Å². The molecule has 0 aliphatic heterocycles. The van der Waals surface area contributed by atoms with Gasteiger partial charge in [-0.25, -0.2) is 9.97 Å². The molecule has 0 amide bonds. The molecule has 0 aliphatic carbocycles. The zero-order valence-corrected chi connectivity index (χ0v) is 23.4. The molecule has 0 atom stereocenters. The molecule has 8 aromatic rings. The van der Waals surface area contributed by atoms with Crippen LogP contribution in [0.25, 0.3) is 76.7 Å². The quantitative estimate of drug-likeness (QED) is 0.212. The van der Waals surface area contributed by atoms with Gasteiger partial charge in [0.05, 0.1) is 10.2 Å². The van der Waals surface area contributed by atoms with E-state index in [1.165, 1.54) is 21.4 Å². The number of benzene rings is 6. The van der Waals surface area contributed by atoms with E-state index >= 15 is 0 Å². The van der Waals surface area contributed by atoms with Gasteiger partial charge in [-0.3, -0.25) is 0 Å². The van der Waals surface area contributed by atoms with Gasteiger partial charge in [0.2, 0.25) is 5.89 Å². The molecule has 3 nitrogen and oxygen atoms in total. The summed E-state index contributed by atoms with van der Waals surface area (Å²) in [5.41, 5.74) is 11.8. The molecule has 0 bridgehead atoms. The number of thiazole rings is 1. The SMILES string of the molecule is c1ccc(-c2ccc(-c3cc(-c4ccc(-c5nc6ccccc6o5)cc4)cc(-c4nc5ccccc5s4)c3)cc2)cc1. The van der Waals surface area contributed by atoms with Crippen LogP contribution in [0.4, 0.5) is 0 Å². The first-order valence-corrected chi connectivity index (χ1v) is 14.7. The van der Waals surface area contributed by atoms with E-state index in [1.807, 2.05) is 36.4 Å². The molecule has 4 heteroatoms. The van der Waals surface area contributed by atoms with Crippen LogP contribution in [0, 0.1) is 0 Å². The number of aromatic nitrogens is 2. The first-order chi connectivity index (χ1) is 20.8. The van der Waals surface area contributed by atoms with Crippen molar-refractivity contribution in [3.8, 4) is 55.4 Å². The summed E-state index contributed by atoms with van der Waals surface area (Å²) in [4.78, 5) is 9.65. The van der Waals surface area contributed by atoms with Gasteiger partial charge in [0.1, 0.15) is 10.5 Å². The normalized spacial score (nSPS) is 11.3. The summed E-state index contributed by atoms with van der Waals surface area (Å²) in [5, 5.41) is 1.02. The van der Waals surface area contributed by atoms with Crippen molar-refractivity contribution in [2.24, 2.45) is 0 Å². The molecule has 0 spiro atoms. The Morgan fingerprint density at radius 1 is 0.405 bits per heavy atom. The van der Waals surface area contributed by atoms with Gasteiger partial charge in [-0.15, -0.1) is 11.3 Å². The Morgan fingerprint density at radius 2 is 0.929 bits per heavy atom. The molecular weight excluding hydrogens is 532 g/mol. The Morgan fingerprint density at radius 3 is 1.60 bits per heavy atom. The first-order valence-electron chi connectivity index (χ1n) is 13.9. The Balaban J connectivity index is 1.21. The molecule has 2 heterocycles. The third kappa shape index (κ3) is 4.58. The zero-order valence-electron chi connectivity index (χ0n) is 22.6.